The van der Waals surface area contributed by atoms with Crippen LogP contribution in [0.5, 0.6) is 0 Å². The standard InChI is InChI=1S/C11H15BrCl2N2O2S/c1-15(2)4-5-16(3)19(17,18)11-9(13)6-8(12)7-10(11)14/h6-7H,4-5H2,1-3H3. The number of rotatable bonds is 5. The highest BCUT2D eigenvalue weighted by atomic mass is 79.9. The maximum absolute atomic E-state index is 12.4. The van der Waals surface area contributed by atoms with Crippen LogP contribution >= 0.6 is 39.1 Å². The van der Waals surface area contributed by atoms with Crippen LogP contribution in [0, 0.1) is 0 Å². The first-order valence-electron chi connectivity index (χ1n) is 5.42. The van der Waals surface area contributed by atoms with E-state index in [9.17, 15) is 8.42 Å². The molecule has 0 heterocycles. The molecule has 0 saturated carbocycles. The van der Waals surface area contributed by atoms with Crippen LogP contribution in [0.15, 0.2) is 21.5 Å². The molecule has 108 valence electrons. The van der Waals surface area contributed by atoms with Gasteiger partial charge in [0.1, 0.15) is 4.90 Å². The van der Waals surface area contributed by atoms with Crippen molar-refractivity contribution in [2.75, 3.05) is 34.2 Å². The second-order valence-corrected chi connectivity index (χ2v) is 8.04. The van der Waals surface area contributed by atoms with Gasteiger partial charge in [0.15, 0.2) is 0 Å². The molecule has 1 aromatic carbocycles. The summed E-state index contributed by atoms with van der Waals surface area (Å²) in [4.78, 5) is 1.84. The maximum atomic E-state index is 12.4. The first-order valence-corrected chi connectivity index (χ1v) is 8.40. The average Bonchev–Trinajstić information content (AvgIpc) is 2.23. The van der Waals surface area contributed by atoms with Crippen molar-refractivity contribution >= 4 is 49.2 Å². The summed E-state index contributed by atoms with van der Waals surface area (Å²) in [6.45, 7) is 0.972. The normalized spacial score (nSPS) is 12.4. The molecular formula is C11H15BrCl2N2O2S. The molecule has 0 aliphatic rings. The van der Waals surface area contributed by atoms with E-state index in [2.05, 4.69) is 15.9 Å². The van der Waals surface area contributed by atoms with E-state index < -0.39 is 10.0 Å². The smallest absolute Gasteiger partial charge is 0.245 e. The van der Waals surface area contributed by atoms with Crippen LogP contribution in [0.3, 0.4) is 0 Å². The zero-order valence-electron chi connectivity index (χ0n) is 10.8. The Morgan fingerprint density at radius 3 is 2.00 bits per heavy atom. The lowest BCUT2D eigenvalue weighted by Gasteiger charge is -2.20. The van der Waals surface area contributed by atoms with Crippen LogP contribution in [-0.4, -0.2) is 51.9 Å². The summed E-state index contributed by atoms with van der Waals surface area (Å²) in [5, 5.41) is 0.215. The summed E-state index contributed by atoms with van der Waals surface area (Å²) in [7, 11) is 1.57. The highest BCUT2D eigenvalue weighted by molar-refractivity contribution is 9.10. The first kappa shape index (κ1) is 17.2. The van der Waals surface area contributed by atoms with Crippen molar-refractivity contribution in [3.63, 3.8) is 0 Å². The van der Waals surface area contributed by atoms with Gasteiger partial charge in [0.25, 0.3) is 0 Å². The van der Waals surface area contributed by atoms with E-state index in [1.165, 1.54) is 23.5 Å². The van der Waals surface area contributed by atoms with Crippen molar-refractivity contribution < 1.29 is 8.42 Å². The van der Waals surface area contributed by atoms with Crippen LogP contribution in [0.4, 0.5) is 0 Å². The zero-order chi connectivity index (χ0) is 14.8. The van der Waals surface area contributed by atoms with Crippen LogP contribution in [-0.2, 0) is 10.0 Å². The molecule has 0 aromatic heterocycles. The van der Waals surface area contributed by atoms with E-state index in [0.29, 0.717) is 17.6 Å². The van der Waals surface area contributed by atoms with Gasteiger partial charge < -0.3 is 4.90 Å². The van der Waals surface area contributed by atoms with E-state index in [1.54, 1.807) is 0 Å². The molecule has 19 heavy (non-hydrogen) atoms. The molecule has 0 aliphatic heterocycles. The minimum Gasteiger partial charge on any atom is -0.308 e. The summed E-state index contributed by atoms with van der Waals surface area (Å²) in [6, 6.07) is 3.03. The first-order chi connectivity index (χ1) is 8.66. The fourth-order valence-corrected chi connectivity index (χ4v) is 4.43. The third kappa shape index (κ3) is 4.31. The van der Waals surface area contributed by atoms with Gasteiger partial charge in [-0.25, -0.2) is 8.42 Å². The Morgan fingerprint density at radius 2 is 1.58 bits per heavy atom. The molecule has 0 fully saturated rings. The summed E-state index contributed by atoms with van der Waals surface area (Å²) in [5.41, 5.74) is 0. The van der Waals surface area contributed by atoms with Gasteiger partial charge in [-0.15, -0.1) is 0 Å². The van der Waals surface area contributed by atoms with E-state index in [-0.39, 0.29) is 14.9 Å². The number of halogens is 3. The Balaban J connectivity index is 3.14. The van der Waals surface area contributed by atoms with Gasteiger partial charge in [-0.2, -0.15) is 4.31 Å². The van der Waals surface area contributed by atoms with Crippen LogP contribution < -0.4 is 0 Å². The number of benzene rings is 1. The molecule has 4 nitrogen and oxygen atoms in total. The third-order valence-corrected chi connectivity index (χ3v) is 5.73. The molecule has 0 saturated heterocycles. The van der Waals surface area contributed by atoms with Crippen molar-refractivity contribution in [1.29, 1.82) is 0 Å². The molecule has 0 bridgehead atoms. The molecule has 1 rings (SSSR count). The fourth-order valence-electron chi connectivity index (χ4n) is 1.39. The van der Waals surface area contributed by atoms with E-state index in [1.807, 2.05) is 19.0 Å². The Hall–Kier alpha value is 0.150. The SMILES string of the molecule is CN(C)CCN(C)S(=O)(=O)c1c(Cl)cc(Br)cc1Cl. The molecule has 8 heteroatoms. The Bertz CT molecular complexity index is 541. The summed E-state index contributed by atoms with van der Waals surface area (Å²) in [5.74, 6) is 0. The van der Waals surface area contributed by atoms with Gasteiger partial charge in [0.05, 0.1) is 10.0 Å². The highest BCUT2D eigenvalue weighted by Crippen LogP contribution is 2.34. The fraction of sp³-hybridized carbons (Fsp3) is 0.455. The van der Waals surface area contributed by atoms with Gasteiger partial charge in [-0.3, -0.25) is 0 Å². The molecular weight excluding hydrogens is 375 g/mol. The minimum atomic E-state index is -3.69. The lowest BCUT2D eigenvalue weighted by atomic mass is 10.4. The van der Waals surface area contributed by atoms with Crippen LogP contribution in [0.1, 0.15) is 0 Å². The number of sulfonamides is 1. The topological polar surface area (TPSA) is 40.6 Å². The van der Waals surface area contributed by atoms with Crippen molar-refractivity contribution in [3.8, 4) is 0 Å². The quantitative estimate of drug-likeness (QED) is 0.777. The largest absolute Gasteiger partial charge is 0.308 e. The Labute approximate surface area is 132 Å². The lowest BCUT2D eigenvalue weighted by molar-refractivity contribution is 0.358. The van der Waals surface area contributed by atoms with Crippen molar-refractivity contribution in [1.82, 2.24) is 9.21 Å². The molecule has 0 unspecified atom stereocenters. The van der Waals surface area contributed by atoms with E-state index in [4.69, 9.17) is 23.2 Å². The van der Waals surface area contributed by atoms with Gasteiger partial charge >= 0.3 is 0 Å². The predicted molar refractivity (Wildman–Crippen MR) is 82.5 cm³/mol. The lowest BCUT2D eigenvalue weighted by Crippen LogP contribution is -2.33. The number of hydrogen-bond donors (Lipinski definition) is 0. The second kappa shape index (κ2) is 6.74. The van der Waals surface area contributed by atoms with Gasteiger partial charge in [0, 0.05) is 24.6 Å². The Morgan fingerprint density at radius 1 is 1.11 bits per heavy atom. The summed E-state index contributed by atoms with van der Waals surface area (Å²) >= 11 is 15.2. The minimum absolute atomic E-state index is 0.0553. The average molecular weight is 390 g/mol. The van der Waals surface area contributed by atoms with E-state index >= 15 is 0 Å². The maximum Gasteiger partial charge on any atom is 0.245 e. The summed E-state index contributed by atoms with van der Waals surface area (Å²) in [6.07, 6.45) is 0. The molecule has 0 atom stereocenters. The molecule has 0 aliphatic carbocycles. The molecule has 0 radical (unpaired) electrons. The van der Waals surface area contributed by atoms with Crippen molar-refractivity contribution in [2.45, 2.75) is 4.90 Å². The molecule has 0 amide bonds. The van der Waals surface area contributed by atoms with Gasteiger partial charge in [-0.05, 0) is 26.2 Å². The predicted octanol–water partition coefficient (Wildman–Crippen LogP) is 2.94. The molecule has 0 spiro atoms. The van der Waals surface area contributed by atoms with Gasteiger partial charge in [-0.1, -0.05) is 39.1 Å². The van der Waals surface area contributed by atoms with Gasteiger partial charge in [0.2, 0.25) is 10.0 Å². The van der Waals surface area contributed by atoms with E-state index in [0.717, 1.165) is 0 Å². The third-order valence-electron chi connectivity index (χ3n) is 2.49. The summed E-state index contributed by atoms with van der Waals surface area (Å²) < 4.78 is 26.7. The molecule has 0 N–H and O–H groups in total. The molecule has 1 aromatic rings. The number of nitrogens with zero attached hydrogens (tertiary/aromatic N) is 2. The Kier molecular flexibility index (Phi) is 6.10. The van der Waals surface area contributed by atoms with Crippen molar-refractivity contribution in [2.24, 2.45) is 0 Å². The second-order valence-electron chi connectivity index (χ2n) is 4.33. The number of likely N-dealkylation sites (N-methyl/N-ethyl adjacent to an activating group) is 2. The van der Waals surface area contributed by atoms with Crippen LogP contribution in [0.25, 0.3) is 0 Å². The van der Waals surface area contributed by atoms with Crippen LogP contribution in [0.2, 0.25) is 10.0 Å². The highest BCUT2D eigenvalue weighted by Gasteiger charge is 2.26. The van der Waals surface area contributed by atoms with Crippen molar-refractivity contribution in [3.05, 3.63) is 26.7 Å². The number of hydrogen-bond acceptors (Lipinski definition) is 3. The monoisotopic (exact) mass is 388 g/mol. The zero-order valence-corrected chi connectivity index (χ0v) is 14.7.